The van der Waals surface area contributed by atoms with Gasteiger partial charge in [-0.2, -0.15) is 5.26 Å². The van der Waals surface area contributed by atoms with E-state index >= 15 is 0 Å². The first-order chi connectivity index (χ1) is 24.0. The minimum absolute atomic E-state index is 0.471. The third kappa shape index (κ3) is 8.03. The number of hydrogen-bond acceptors (Lipinski definition) is 9. The van der Waals surface area contributed by atoms with Crippen LogP contribution in [-0.4, -0.2) is 29.6 Å². The van der Waals surface area contributed by atoms with Gasteiger partial charge < -0.3 is 21.3 Å². The van der Waals surface area contributed by atoms with Crippen LogP contribution in [0, 0.1) is 24.2 Å². The van der Waals surface area contributed by atoms with Crippen molar-refractivity contribution in [3.8, 4) is 28.3 Å². The zero-order chi connectivity index (χ0) is 33.6. The average molecular weight is 704 g/mol. The summed E-state index contributed by atoms with van der Waals surface area (Å²) in [6.45, 7) is 7.83. The topological polar surface area (TPSA) is 97.7 Å². The fraction of sp³-hybridized carbons (Fsp3) is 0.256. The van der Waals surface area contributed by atoms with Gasteiger partial charge in [0.15, 0.2) is 0 Å². The van der Waals surface area contributed by atoms with E-state index < -0.39 is 0 Å². The maximum Gasteiger partial charge on any atom is 0.103 e. The predicted octanol–water partition coefficient (Wildman–Crippen LogP) is 9.04. The van der Waals surface area contributed by atoms with Crippen LogP contribution in [0.1, 0.15) is 39.3 Å². The zero-order valence-electron chi connectivity index (χ0n) is 27.4. The molecule has 0 amide bonds. The maximum atomic E-state index is 10.0. The number of piperidine rings is 1. The number of nitriles is 1. The monoisotopic (exact) mass is 703 g/mol. The first-order valence-electron chi connectivity index (χ1n) is 16.6. The number of fused-ring (bicyclic) bond motifs is 1. The molecule has 0 unspecified atom stereocenters. The quantitative estimate of drug-likeness (QED) is 0.101. The second-order valence-electron chi connectivity index (χ2n) is 12.6. The van der Waals surface area contributed by atoms with Gasteiger partial charge in [0.05, 0.1) is 27.5 Å². The van der Waals surface area contributed by atoms with Crippen LogP contribution in [0.4, 0.5) is 11.4 Å². The number of rotatable bonds is 12. The molecule has 6 aromatic rings. The summed E-state index contributed by atoms with van der Waals surface area (Å²) in [5.74, 6) is 0.760. The van der Waals surface area contributed by atoms with Gasteiger partial charge in [0.2, 0.25) is 0 Å². The van der Waals surface area contributed by atoms with E-state index in [-0.39, 0.29) is 0 Å². The Kier molecular flexibility index (Phi) is 10.6. The third-order valence-corrected chi connectivity index (χ3v) is 11.2. The number of aryl methyl sites for hydroxylation is 1. The molecular weight excluding hydrogens is 666 g/mol. The van der Waals surface area contributed by atoms with E-state index in [9.17, 15) is 5.26 Å². The largest absolute Gasteiger partial charge is 0.352 e. The number of aromatic nitrogens is 2. The second-order valence-corrected chi connectivity index (χ2v) is 15.0. The van der Waals surface area contributed by atoms with Gasteiger partial charge in [-0.3, -0.25) is 9.97 Å². The van der Waals surface area contributed by atoms with Crippen molar-refractivity contribution in [3.05, 3.63) is 115 Å². The zero-order valence-corrected chi connectivity index (χ0v) is 29.7. The van der Waals surface area contributed by atoms with Gasteiger partial charge in [0.25, 0.3) is 0 Å². The van der Waals surface area contributed by atoms with Gasteiger partial charge in [-0.05, 0) is 132 Å². The molecule has 248 valence electrons. The number of thiophene rings is 2. The highest BCUT2D eigenvalue weighted by Crippen LogP contribution is 2.39. The van der Waals surface area contributed by atoms with Gasteiger partial charge in [0.1, 0.15) is 6.07 Å². The van der Waals surface area contributed by atoms with Crippen molar-refractivity contribution in [2.75, 3.05) is 25.0 Å². The van der Waals surface area contributed by atoms with Crippen molar-refractivity contribution in [1.82, 2.24) is 25.9 Å². The van der Waals surface area contributed by atoms with Gasteiger partial charge in [0, 0.05) is 53.4 Å². The number of hydrogen-bond donors (Lipinski definition) is 4. The fourth-order valence-corrected chi connectivity index (χ4v) is 8.39. The first-order valence-corrected chi connectivity index (χ1v) is 18.7. The Morgan fingerprint density at radius 1 is 0.857 bits per heavy atom. The SMILES string of the molecule is Cc1cc(-c2csc(CNCc3ccncc3)c2)cc(Cl)c1Nc1c(C#N)cnc2cc(-c3csc(CNCC4CCNCC4)c3)ccc12. The second kappa shape index (κ2) is 15.6. The summed E-state index contributed by atoms with van der Waals surface area (Å²) in [7, 11) is 0. The lowest BCUT2D eigenvalue weighted by Gasteiger charge is -2.22. The van der Waals surface area contributed by atoms with E-state index in [1.165, 1.54) is 33.7 Å². The van der Waals surface area contributed by atoms with Crippen molar-refractivity contribution in [2.24, 2.45) is 5.92 Å². The third-order valence-electron chi connectivity index (χ3n) is 9.07. The lowest BCUT2D eigenvalue weighted by atomic mass is 9.98. The Hall–Kier alpha value is -4.14. The van der Waals surface area contributed by atoms with Crippen LogP contribution in [0.5, 0.6) is 0 Å². The number of halogens is 1. The van der Waals surface area contributed by atoms with Crippen LogP contribution in [0.25, 0.3) is 33.2 Å². The molecule has 0 saturated carbocycles. The lowest BCUT2D eigenvalue weighted by Crippen LogP contribution is -2.33. The van der Waals surface area contributed by atoms with Gasteiger partial charge in [-0.25, -0.2) is 0 Å². The van der Waals surface area contributed by atoms with E-state index in [2.05, 4.69) is 84.5 Å². The van der Waals surface area contributed by atoms with E-state index in [0.717, 1.165) is 84.0 Å². The summed E-state index contributed by atoms with van der Waals surface area (Å²) in [6.07, 6.45) is 7.77. The molecule has 2 aromatic carbocycles. The molecule has 1 aliphatic rings. The van der Waals surface area contributed by atoms with Gasteiger partial charge in [-0.1, -0.05) is 23.7 Å². The molecule has 49 heavy (non-hydrogen) atoms. The number of nitrogens with zero attached hydrogens (tertiary/aromatic N) is 3. The average Bonchev–Trinajstić information content (AvgIpc) is 3.81. The predicted molar refractivity (Wildman–Crippen MR) is 205 cm³/mol. The van der Waals surface area contributed by atoms with Gasteiger partial charge in [-0.15, -0.1) is 22.7 Å². The van der Waals surface area contributed by atoms with E-state index in [1.54, 1.807) is 28.9 Å². The van der Waals surface area contributed by atoms with Crippen LogP contribution >= 0.6 is 34.3 Å². The summed E-state index contributed by atoms with van der Waals surface area (Å²) < 4.78 is 0. The van der Waals surface area contributed by atoms with E-state index in [1.807, 2.05) is 37.5 Å². The molecule has 0 aliphatic carbocycles. The molecule has 0 radical (unpaired) electrons. The molecule has 7 nitrogen and oxygen atoms in total. The van der Waals surface area contributed by atoms with Crippen LogP contribution < -0.4 is 21.3 Å². The number of pyridine rings is 2. The summed E-state index contributed by atoms with van der Waals surface area (Å²) in [4.78, 5) is 11.3. The molecule has 10 heteroatoms. The first kappa shape index (κ1) is 33.4. The Morgan fingerprint density at radius 3 is 2.33 bits per heavy atom. The molecule has 1 saturated heterocycles. The Bertz CT molecular complexity index is 2070. The Balaban J connectivity index is 1.05. The molecule has 1 aliphatic heterocycles. The van der Waals surface area contributed by atoms with Crippen molar-refractivity contribution >= 4 is 56.6 Å². The molecule has 4 aromatic heterocycles. The Morgan fingerprint density at radius 2 is 1.59 bits per heavy atom. The van der Waals surface area contributed by atoms with Gasteiger partial charge >= 0.3 is 0 Å². The summed E-state index contributed by atoms with van der Waals surface area (Å²) in [5, 5.41) is 30.0. The Labute approximate surface area is 300 Å². The fourth-order valence-electron chi connectivity index (χ4n) is 6.35. The van der Waals surface area contributed by atoms with Crippen molar-refractivity contribution in [3.63, 3.8) is 0 Å². The minimum Gasteiger partial charge on any atom is -0.352 e. The molecule has 5 heterocycles. The van der Waals surface area contributed by atoms with Crippen molar-refractivity contribution in [2.45, 2.75) is 39.4 Å². The highest BCUT2D eigenvalue weighted by Gasteiger charge is 2.16. The highest BCUT2D eigenvalue weighted by atomic mass is 35.5. The summed E-state index contributed by atoms with van der Waals surface area (Å²) in [5.41, 5.74) is 9.49. The number of nitrogens with one attached hydrogen (secondary N) is 4. The molecule has 0 spiro atoms. The molecular formula is C39H38ClN7S2. The normalized spacial score (nSPS) is 13.5. The van der Waals surface area contributed by atoms with Crippen molar-refractivity contribution in [1.29, 1.82) is 5.26 Å². The molecule has 1 fully saturated rings. The van der Waals surface area contributed by atoms with E-state index in [4.69, 9.17) is 11.6 Å². The minimum atomic E-state index is 0.471. The van der Waals surface area contributed by atoms with Crippen LogP contribution in [-0.2, 0) is 19.6 Å². The van der Waals surface area contributed by atoms with Crippen LogP contribution in [0.15, 0.2) is 83.9 Å². The molecule has 0 atom stereocenters. The maximum absolute atomic E-state index is 10.0. The molecule has 4 N–H and O–H groups in total. The van der Waals surface area contributed by atoms with Crippen molar-refractivity contribution < 1.29 is 0 Å². The highest BCUT2D eigenvalue weighted by molar-refractivity contribution is 7.10. The summed E-state index contributed by atoms with van der Waals surface area (Å²) in [6, 6.07) is 21.3. The number of anilines is 2. The van der Waals surface area contributed by atoms with Crippen LogP contribution in [0.2, 0.25) is 5.02 Å². The lowest BCUT2D eigenvalue weighted by molar-refractivity contribution is 0.357. The smallest absolute Gasteiger partial charge is 0.103 e. The van der Waals surface area contributed by atoms with E-state index in [0.29, 0.717) is 16.3 Å². The number of benzene rings is 2. The standard InChI is InChI=1S/C39H38ClN7S2/c1-25-12-29(31-14-34(49-24-31)22-45-19-27-6-10-43-11-7-27)15-36(40)38(25)47-39-32(17-41)20-46-37-16-28(2-3-35(37)39)30-13-33(48-23-30)21-44-18-26-4-8-42-9-5-26/h2-3,6-7,10-16,20,23-24,26,42,44-45H,4-5,8-9,18-19,21-22H2,1H3,(H,46,47). The molecule has 0 bridgehead atoms. The molecule has 7 rings (SSSR count). The summed E-state index contributed by atoms with van der Waals surface area (Å²) >= 11 is 10.5. The van der Waals surface area contributed by atoms with Crippen LogP contribution in [0.3, 0.4) is 0 Å².